The van der Waals surface area contributed by atoms with Crippen LogP contribution in [0.2, 0.25) is 5.02 Å². The summed E-state index contributed by atoms with van der Waals surface area (Å²) in [5.74, 6) is -0.315. The third-order valence-corrected chi connectivity index (χ3v) is 3.71. The van der Waals surface area contributed by atoms with Crippen LogP contribution in [-0.4, -0.2) is 10.9 Å². The van der Waals surface area contributed by atoms with Crippen molar-refractivity contribution in [2.45, 2.75) is 6.92 Å². The Balaban J connectivity index is 1.93. The number of hydrogen-bond acceptors (Lipinski definition) is 3. The van der Waals surface area contributed by atoms with E-state index in [1.807, 2.05) is 19.1 Å². The summed E-state index contributed by atoms with van der Waals surface area (Å²) in [6, 6.07) is 10.4. The average Bonchev–Trinajstić information content (AvgIpc) is 2.89. The second-order valence-electron chi connectivity index (χ2n) is 5.00. The van der Waals surface area contributed by atoms with Gasteiger partial charge in [0.2, 0.25) is 0 Å². The van der Waals surface area contributed by atoms with Gasteiger partial charge in [0, 0.05) is 5.02 Å². The molecule has 0 bridgehead atoms. The zero-order valence-corrected chi connectivity index (χ0v) is 12.6. The first kappa shape index (κ1) is 14.4. The maximum absolute atomic E-state index is 12.3. The van der Waals surface area contributed by atoms with Crippen LogP contribution in [0.15, 0.2) is 53.2 Å². The first-order valence-corrected chi connectivity index (χ1v) is 7.12. The van der Waals surface area contributed by atoms with Crippen molar-refractivity contribution < 1.29 is 14.3 Å². The zero-order valence-electron chi connectivity index (χ0n) is 11.8. The van der Waals surface area contributed by atoms with Gasteiger partial charge >= 0.3 is 0 Å². The van der Waals surface area contributed by atoms with Gasteiger partial charge in [0.15, 0.2) is 5.78 Å². The number of hydrogen-bond donors (Lipinski definition) is 1. The van der Waals surface area contributed by atoms with Crippen molar-refractivity contribution >= 4 is 34.4 Å². The zero-order chi connectivity index (χ0) is 15.7. The lowest BCUT2D eigenvalue weighted by Crippen LogP contribution is -1.95. The SMILES string of the molecule is Cc1coc2ccc(C(=O)/C=C/c3ccc(Cl)cc3)c(O)c12. The molecule has 0 atom stereocenters. The number of phenols is 1. The number of phenolic OH excluding ortho intramolecular Hbond substituents is 1. The highest BCUT2D eigenvalue weighted by Crippen LogP contribution is 2.33. The minimum atomic E-state index is -0.269. The van der Waals surface area contributed by atoms with Crippen LogP contribution >= 0.6 is 11.6 Å². The summed E-state index contributed by atoms with van der Waals surface area (Å²) in [6.07, 6.45) is 4.67. The van der Waals surface area contributed by atoms with Crippen molar-refractivity contribution in [3.63, 3.8) is 0 Å². The fourth-order valence-corrected chi connectivity index (χ4v) is 2.42. The number of ketones is 1. The Morgan fingerprint density at radius 3 is 2.64 bits per heavy atom. The molecule has 0 radical (unpaired) electrons. The molecule has 3 rings (SSSR count). The van der Waals surface area contributed by atoms with E-state index >= 15 is 0 Å². The highest BCUT2D eigenvalue weighted by atomic mass is 35.5. The molecule has 1 N–H and O–H groups in total. The van der Waals surface area contributed by atoms with Gasteiger partial charge in [-0.1, -0.05) is 29.8 Å². The minimum Gasteiger partial charge on any atom is -0.506 e. The molecule has 0 amide bonds. The molecular weight excluding hydrogens is 300 g/mol. The van der Waals surface area contributed by atoms with Gasteiger partial charge in [-0.2, -0.15) is 0 Å². The van der Waals surface area contributed by atoms with Gasteiger partial charge in [-0.15, -0.1) is 0 Å². The van der Waals surface area contributed by atoms with Gasteiger partial charge in [0.1, 0.15) is 11.3 Å². The number of aromatic hydroxyl groups is 1. The summed E-state index contributed by atoms with van der Waals surface area (Å²) < 4.78 is 5.30. The molecule has 110 valence electrons. The van der Waals surface area contributed by atoms with E-state index in [9.17, 15) is 9.90 Å². The van der Waals surface area contributed by atoms with Crippen molar-refractivity contribution in [2.75, 3.05) is 0 Å². The number of carbonyl (C=O) groups excluding carboxylic acids is 1. The third-order valence-electron chi connectivity index (χ3n) is 3.46. The number of halogens is 1. The molecule has 2 aromatic carbocycles. The Morgan fingerprint density at radius 2 is 1.91 bits per heavy atom. The van der Waals surface area contributed by atoms with E-state index in [1.165, 1.54) is 6.08 Å². The monoisotopic (exact) mass is 312 g/mol. The molecule has 0 fully saturated rings. The molecule has 0 saturated heterocycles. The first-order chi connectivity index (χ1) is 10.6. The molecule has 0 unspecified atom stereocenters. The highest BCUT2D eigenvalue weighted by molar-refractivity contribution is 6.30. The summed E-state index contributed by atoms with van der Waals surface area (Å²) in [5, 5.41) is 11.5. The molecule has 0 aliphatic carbocycles. The molecular formula is C18H13ClO3. The largest absolute Gasteiger partial charge is 0.506 e. The topological polar surface area (TPSA) is 50.4 Å². The van der Waals surface area contributed by atoms with E-state index < -0.39 is 0 Å². The van der Waals surface area contributed by atoms with Crippen molar-refractivity contribution in [1.29, 1.82) is 0 Å². The van der Waals surface area contributed by atoms with Crippen LogP contribution in [0.25, 0.3) is 17.0 Å². The quantitative estimate of drug-likeness (QED) is 0.547. The van der Waals surface area contributed by atoms with Crippen molar-refractivity contribution in [2.24, 2.45) is 0 Å². The lowest BCUT2D eigenvalue weighted by molar-refractivity contribution is 0.104. The van der Waals surface area contributed by atoms with Crippen molar-refractivity contribution in [3.8, 4) is 5.75 Å². The second kappa shape index (κ2) is 5.70. The van der Waals surface area contributed by atoms with Crippen LogP contribution in [-0.2, 0) is 0 Å². The van der Waals surface area contributed by atoms with Crippen molar-refractivity contribution in [1.82, 2.24) is 0 Å². The fourth-order valence-electron chi connectivity index (χ4n) is 2.30. The summed E-state index contributed by atoms with van der Waals surface area (Å²) in [7, 11) is 0. The maximum Gasteiger partial charge on any atom is 0.189 e. The lowest BCUT2D eigenvalue weighted by Gasteiger charge is -2.02. The van der Waals surface area contributed by atoms with Gasteiger partial charge in [-0.25, -0.2) is 0 Å². The van der Waals surface area contributed by atoms with Gasteiger partial charge in [-0.3, -0.25) is 4.79 Å². The molecule has 4 heteroatoms. The summed E-state index contributed by atoms with van der Waals surface area (Å²) in [5.41, 5.74) is 2.47. The Labute approximate surface area is 132 Å². The van der Waals surface area contributed by atoms with E-state index in [2.05, 4.69) is 0 Å². The molecule has 3 nitrogen and oxygen atoms in total. The van der Waals surface area contributed by atoms with Gasteiger partial charge < -0.3 is 9.52 Å². The number of allylic oxidation sites excluding steroid dienone is 1. The smallest absolute Gasteiger partial charge is 0.189 e. The molecule has 0 spiro atoms. The van der Waals surface area contributed by atoms with Crippen LogP contribution in [0, 0.1) is 6.92 Å². The lowest BCUT2D eigenvalue weighted by atomic mass is 10.0. The van der Waals surface area contributed by atoms with E-state index in [4.69, 9.17) is 16.0 Å². The van der Waals surface area contributed by atoms with E-state index in [0.29, 0.717) is 16.0 Å². The molecule has 0 aliphatic rings. The number of aryl methyl sites for hydroxylation is 1. The fraction of sp³-hybridized carbons (Fsp3) is 0.0556. The molecule has 0 aliphatic heterocycles. The van der Waals surface area contributed by atoms with Gasteiger partial charge in [0.25, 0.3) is 0 Å². The van der Waals surface area contributed by atoms with E-state index in [0.717, 1.165) is 11.1 Å². The predicted octanol–water partition coefficient (Wildman–Crippen LogP) is 5.00. The van der Waals surface area contributed by atoms with Crippen LogP contribution in [0.4, 0.5) is 0 Å². The molecule has 1 aromatic heterocycles. The van der Waals surface area contributed by atoms with Crippen LogP contribution in [0.1, 0.15) is 21.5 Å². The molecule has 3 aromatic rings. The number of carbonyl (C=O) groups is 1. The number of rotatable bonds is 3. The third kappa shape index (κ3) is 2.63. The normalized spacial score (nSPS) is 11.4. The summed E-state index contributed by atoms with van der Waals surface area (Å²) in [4.78, 5) is 12.3. The summed E-state index contributed by atoms with van der Waals surface area (Å²) in [6.45, 7) is 1.82. The Kier molecular flexibility index (Phi) is 3.73. The Hall–Kier alpha value is -2.52. The van der Waals surface area contributed by atoms with E-state index in [-0.39, 0.29) is 17.1 Å². The first-order valence-electron chi connectivity index (χ1n) is 6.74. The molecule has 22 heavy (non-hydrogen) atoms. The molecule has 1 heterocycles. The second-order valence-corrected chi connectivity index (χ2v) is 5.44. The average molecular weight is 313 g/mol. The predicted molar refractivity (Wildman–Crippen MR) is 87.4 cm³/mol. The number of furan rings is 1. The van der Waals surface area contributed by atoms with Crippen molar-refractivity contribution in [3.05, 3.63) is 70.5 Å². The number of benzene rings is 2. The minimum absolute atomic E-state index is 0.0468. The standard InChI is InChI=1S/C18H13ClO3/c1-11-10-22-16-9-7-14(18(21)17(11)16)15(20)8-4-12-2-5-13(19)6-3-12/h2-10,21H,1H3/b8-4+. The Morgan fingerprint density at radius 1 is 1.18 bits per heavy atom. The van der Waals surface area contributed by atoms with Gasteiger partial charge in [0.05, 0.1) is 17.2 Å². The van der Waals surface area contributed by atoms with E-state index in [1.54, 1.807) is 36.6 Å². The summed E-state index contributed by atoms with van der Waals surface area (Å²) >= 11 is 5.82. The Bertz CT molecular complexity index is 873. The van der Waals surface area contributed by atoms with Crippen LogP contribution < -0.4 is 0 Å². The van der Waals surface area contributed by atoms with Gasteiger partial charge in [-0.05, 0) is 48.4 Å². The van der Waals surface area contributed by atoms with Crippen LogP contribution in [0.3, 0.4) is 0 Å². The number of fused-ring (bicyclic) bond motifs is 1. The molecule has 0 saturated carbocycles. The maximum atomic E-state index is 12.3. The van der Waals surface area contributed by atoms with Crippen LogP contribution in [0.5, 0.6) is 5.75 Å². The highest BCUT2D eigenvalue weighted by Gasteiger charge is 2.15.